The van der Waals surface area contributed by atoms with Gasteiger partial charge in [0.15, 0.2) is 0 Å². The Morgan fingerprint density at radius 3 is 2.63 bits per heavy atom. The molecule has 0 fully saturated rings. The van der Waals surface area contributed by atoms with Gasteiger partial charge in [0.1, 0.15) is 5.82 Å². The Hall–Kier alpha value is -1.85. The summed E-state index contributed by atoms with van der Waals surface area (Å²) in [5.74, 6) is 1.81. The van der Waals surface area contributed by atoms with E-state index in [4.69, 9.17) is 5.73 Å². The predicted octanol–water partition coefficient (Wildman–Crippen LogP) is 1.50. The van der Waals surface area contributed by atoms with Gasteiger partial charge in [-0.3, -0.25) is 4.68 Å². The number of rotatable bonds is 1. The standard InChI is InChI=1S/C13H20N6/c1-7-12(9(3)18(4)16-7)10-5-6-11-15-13(14)17-19(11)8(10)2/h8,10H,5-6H2,1-4H3,(H2,14,17). The number of anilines is 1. The minimum atomic E-state index is 0.273. The van der Waals surface area contributed by atoms with Gasteiger partial charge in [-0.2, -0.15) is 10.1 Å². The van der Waals surface area contributed by atoms with Gasteiger partial charge < -0.3 is 5.73 Å². The topological polar surface area (TPSA) is 74.6 Å². The molecule has 0 radical (unpaired) electrons. The molecule has 3 heterocycles. The molecule has 1 aliphatic rings. The molecule has 102 valence electrons. The van der Waals surface area contributed by atoms with Crippen LogP contribution in [0.4, 0.5) is 5.95 Å². The number of hydrogen-bond donors (Lipinski definition) is 1. The highest BCUT2D eigenvalue weighted by Crippen LogP contribution is 2.39. The van der Waals surface area contributed by atoms with Crippen LogP contribution >= 0.6 is 0 Å². The normalized spacial score (nSPS) is 22.5. The second-order valence-electron chi connectivity index (χ2n) is 5.42. The molecule has 1 aliphatic heterocycles. The van der Waals surface area contributed by atoms with Crippen LogP contribution < -0.4 is 5.73 Å². The SMILES string of the molecule is Cc1nn(C)c(C)c1C1CCc2nc(N)nn2C1C. The van der Waals surface area contributed by atoms with Gasteiger partial charge in [-0.15, -0.1) is 5.10 Å². The third-order valence-electron chi connectivity index (χ3n) is 4.30. The van der Waals surface area contributed by atoms with Gasteiger partial charge in [0.25, 0.3) is 0 Å². The van der Waals surface area contributed by atoms with E-state index in [0.717, 1.165) is 24.4 Å². The summed E-state index contributed by atoms with van der Waals surface area (Å²) in [5.41, 5.74) is 9.43. The van der Waals surface area contributed by atoms with E-state index in [9.17, 15) is 0 Å². The molecule has 0 amide bonds. The lowest BCUT2D eigenvalue weighted by molar-refractivity contribution is 0.337. The third kappa shape index (κ3) is 1.74. The van der Waals surface area contributed by atoms with E-state index >= 15 is 0 Å². The number of fused-ring (bicyclic) bond motifs is 1. The summed E-state index contributed by atoms with van der Waals surface area (Å²) in [4.78, 5) is 4.29. The summed E-state index contributed by atoms with van der Waals surface area (Å²) >= 11 is 0. The summed E-state index contributed by atoms with van der Waals surface area (Å²) in [5, 5.41) is 8.86. The minimum Gasteiger partial charge on any atom is -0.366 e. The number of hydrogen-bond acceptors (Lipinski definition) is 4. The molecule has 2 aromatic heterocycles. The van der Waals surface area contributed by atoms with Crippen LogP contribution in [-0.2, 0) is 13.5 Å². The second kappa shape index (κ2) is 4.08. The van der Waals surface area contributed by atoms with Crippen molar-refractivity contribution < 1.29 is 0 Å². The Morgan fingerprint density at radius 2 is 2.00 bits per heavy atom. The van der Waals surface area contributed by atoms with Crippen molar-refractivity contribution in [3.8, 4) is 0 Å². The highest BCUT2D eigenvalue weighted by atomic mass is 15.4. The number of aromatic nitrogens is 5. The van der Waals surface area contributed by atoms with E-state index < -0.39 is 0 Å². The van der Waals surface area contributed by atoms with Gasteiger partial charge in [-0.1, -0.05) is 0 Å². The fraction of sp³-hybridized carbons (Fsp3) is 0.615. The van der Waals surface area contributed by atoms with Crippen molar-refractivity contribution in [1.82, 2.24) is 24.5 Å². The first-order valence-electron chi connectivity index (χ1n) is 6.70. The van der Waals surface area contributed by atoms with E-state index in [1.54, 1.807) is 0 Å². The van der Waals surface area contributed by atoms with Crippen molar-refractivity contribution in [1.29, 1.82) is 0 Å². The van der Waals surface area contributed by atoms with Crippen LogP contribution in [0.2, 0.25) is 0 Å². The number of nitrogens with two attached hydrogens (primary N) is 1. The Kier molecular flexibility index (Phi) is 2.62. The van der Waals surface area contributed by atoms with E-state index in [2.05, 4.69) is 36.0 Å². The van der Waals surface area contributed by atoms with Crippen molar-refractivity contribution in [2.24, 2.45) is 7.05 Å². The van der Waals surface area contributed by atoms with E-state index in [-0.39, 0.29) is 6.04 Å². The lowest BCUT2D eigenvalue weighted by Crippen LogP contribution is -2.25. The lowest BCUT2D eigenvalue weighted by Gasteiger charge is -2.30. The minimum absolute atomic E-state index is 0.273. The molecule has 0 aromatic carbocycles. The molecule has 19 heavy (non-hydrogen) atoms. The first-order valence-corrected chi connectivity index (χ1v) is 6.70. The third-order valence-corrected chi connectivity index (χ3v) is 4.30. The molecule has 0 bridgehead atoms. The van der Waals surface area contributed by atoms with Crippen LogP contribution in [0.5, 0.6) is 0 Å². The zero-order valence-electron chi connectivity index (χ0n) is 11.9. The van der Waals surface area contributed by atoms with Gasteiger partial charge in [0, 0.05) is 30.6 Å². The first-order chi connectivity index (χ1) is 8.99. The summed E-state index contributed by atoms with van der Waals surface area (Å²) in [6.45, 7) is 6.40. The molecule has 2 unspecified atom stereocenters. The molecule has 2 aromatic rings. The Bertz CT molecular complexity index is 623. The fourth-order valence-corrected chi connectivity index (χ4v) is 3.28. The number of nitrogens with zero attached hydrogens (tertiary/aromatic N) is 5. The van der Waals surface area contributed by atoms with Crippen molar-refractivity contribution >= 4 is 5.95 Å². The molecular formula is C13H20N6. The first kappa shape index (κ1) is 12.2. The highest BCUT2D eigenvalue weighted by Gasteiger charge is 2.32. The molecule has 0 aliphatic carbocycles. The summed E-state index contributed by atoms with van der Waals surface area (Å²) in [6, 6.07) is 0.273. The lowest BCUT2D eigenvalue weighted by atomic mass is 9.84. The molecule has 2 atom stereocenters. The molecule has 0 saturated carbocycles. The van der Waals surface area contributed by atoms with Crippen LogP contribution in [0.3, 0.4) is 0 Å². The zero-order valence-corrected chi connectivity index (χ0v) is 11.9. The van der Waals surface area contributed by atoms with Gasteiger partial charge in [-0.25, -0.2) is 4.68 Å². The van der Waals surface area contributed by atoms with Gasteiger partial charge >= 0.3 is 0 Å². The van der Waals surface area contributed by atoms with Crippen LogP contribution in [-0.4, -0.2) is 24.5 Å². The van der Waals surface area contributed by atoms with Crippen LogP contribution in [0.15, 0.2) is 0 Å². The van der Waals surface area contributed by atoms with Crippen molar-refractivity contribution in [2.75, 3.05) is 5.73 Å². The monoisotopic (exact) mass is 260 g/mol. The quantitative estimate of drug-likeness (QED) is 0.843. The summed E-state index contributed by atoms with van der Waals surface area (Å²) in [6.07, 6.45) is 2.00. The maximum Gasteiger partial charge on any atom is 0.239 e. The number of aryl methyl sites for hydroxylation is 3. The summed E-state index contributed by atoms with van der Waals surface area (Å²) < 4.78 is 3.94. The van der Waals surface area contributed by atoms with E-state index in [1.165, 1.54) is 11.3 Å². The predicted molar refractivity (Wildman–Crippen MR) is 72.9 cm³/mol. The molecule has 0 spiro atoms. The number of nitrogen functional groups attached to an aromatic ring is 1. The van der Waals surface area contributed by atoms with Crippen LogP contribution in [0.1, 0.15) is 48.1 Å². The fourth-order valence-electron chi connectivity index (χ4n) is 3.28. The average molecular weight is 260 g/mol. The maximum absolute atomic E-state index is 5.71. The van der Waals surface area contributed by atoms with Gasteiger partial charge in [-0.05, 0) is 27.2 Å². The molecule has 6 heteroatoms. The second-order valence-corrected chi connectivity index (χ2v) is 5.42. The molecule has 2 N–H and O–H groups in total. The van der Waals surface area contributed by atoms with Gasteiger partial charge in [0.05, 0.1) is 11.7 Å². The Balaban J connectivity index is 2.04. The highest BCUT2D eigenvalue weighted by molar-refractivity contribution is 5.31. The molecule has 0 saturated heterocycles. The Labute approximate surface area is 112 Å². The van der Waals surface area contributed by atoms with Crippen molar-refractivity contribution in [3.63, 3.8) is 0 Å². The van der Waals surface area contributed by atoms with E-state index in [1.807, 2.05) is 16.4 Å². The maximum atomic E-state index is 5.71. The molecule has 3 rings (SSSR count). The van der Waals surface area contributed by atoms with E-state index in [0.29, 0.717) is 11.9 Å². The van der Waals surface area contributed by atoms with Crippen LogP contribution in [0, 0.1) is 13.8 Å². The largest absolute Gasteiger partial charge is 0.366 e. The Morgan fingerprint density at radius 1 is 1.26 bits per heavy atom. The smallest absolute Gasteiger partial charge is 0.239 e. The van der Waals surface area contributed by atoms with Crippen LogP contribution in [0.25, 0.3) is 0 Å². The van der Waals surface area contributed by atoms with Gasteiger partial charge in [0.2, 0.25) is 5.95 Å². The zero-order chi connectivity index (χ0) is 13.7. The molecule has 6 nitrogen and oxygen atoms in total. The summed E-state index contributed by atoms with van der Waals surface area (Å²) in [7, 11) is 2.00. The van der Waals surface area contributed by atoms with Crippen molar-refractivity contribution in [3.05, 3.63) is 22.8 Å². The van der Waals surface area contributed by atoms with Crippen molar-refractivity contribution in [2.45, 2.75) is 45.6 Å². The molecular weight excluding hydrogens is 240 g/mol. The average Bonchev–Trinajstić information content (AvgIpc) is 2.83.